The van der Waals surface area contributed by atoms with E-state index in [2.05, 4.69) is 26.1 Å². The summed E-state index contributed by atoms with van der Waals surface area (Å²) in [7, 11) is 1.70. The number of hydrogen-bond acceptors (Lipinski definition) is 3. The standard InChI is InChI=1S/C16H23FN2O2/c1-15(2)12(9-16(15,3)21-4)19-13(14(18)20)10-5-7-11(17)8-6-10/h5-8,12-13,19H,9H2,1-4H3,(H2,18,20)/t12-,13-,16+/m0/s1. The number of carbonyl (C=O) groups is 1. The van der Waals surface area contributed by atoms with E-state index in [1.54, 1.807) is 19.2 Å². The summed E-state index contributed by atoms with van der Waals surface area (Å²) in [4.78, 5) is 11.7. The van der Waals surface area contributed by atoms with Gasteiger partial charge in [0, 0.05) is 18.6 Å². The van der Waals surface area contributed by atoms with Crippen molar-refractivity contribution in [3.63, 3.8) is 0 Å². The molecule has 1 aromatic carbocycles. The van der Waals surface area contributed by atoms with Crippen molar-refractivity contribution in [3.05, 3.63) is 35.6 Å². The first-order valence-corrected chi connectivity index (χ1v) is 7.07. The van der Waals surface area contributed by atoms with E-state index in [9.17, 15) is 9.18 Å². The Morgan fingerprint density at radius 2 is 1.95 bits per heavy atom. The van der Waals surface area contributed by atoms with Crippen LogP contribution in [0, 0.1) is 11.2 Å². The van der Waals surface area contributed by atoms with Gasteiger partial charge in [-0.15, -0.1) is 0 Å². The van der Waals surface area contributed by atoms with E-state index in [4.69, 9.17) is 10.5 Å². The van der Waals surface area contributed by atoms with Gasteiger partial charge in [0.25, 0.3) is 0 Å². The van der Waals surface area contributed by atoms with E-state index in [-0.39, 0.29) is 22.9 Å². The van der Waals surface area contributed by atoms with Gasteiger partial charge >= 0.3 is 0 Å². The van der Waals surface area contributed by atoms with Crippen LogP contribution >= 0.6 is 0 Å². The molecule has 3 atom stereocenters. The Bertz CT molecular complexity index is 530. The van der Waals surface area contributed by atoms with Crippen molar-refractivity contribution in [1.82, 2.24) is 5.32 Å². The molecule has 116 valence electrons. The average molecular weight is 294 g/mol. The van der Waals surface area contributed by atoms with E-state index in [0.717, 1.165) is 6.42 Å². The second-order valence-corrected chi connectivity index (χ2v) is 6.47. The topological polar surface area (TPSA) is 64.3 Å². The number of amides is 1. The number of ether oxygens (including phenoxy) is 1. The summed E-state index contributed by atoms with van der Waals surface area (Å²) < 4.78 is 18.6. The third-order valence-corrected chi connectivity index (χ3v) is 5.13. The highest BCUT2D eigenvalue weighted by Crippen LogP contribution is 2.52. The summed E-state index contributed by atoms with van der Waals surface area (Å²) in [5, 5.41) is 3.29. The lowest BCUT2D eigenvalue weighted by atomic mass is 9.55. The van der Waals surface area contributed by atoms with Crippen molar-refractivity contribution < 1.29 is 13.9 Å². The Morgan fingerprint density at radius 3 is 2.38 bits per heavy atom. The fourth-order valence-corrected chi connectivity index (χ4v) is 2.96. The molecular weight excluding hydrogens is 271 g/mol. The Kier molecular flexibility index (Phi) is 4.08. The Labute approximate surface area is 124 Å². The molecule has 1 saturated carbocycles. The molecule has 0 unspecified atom stereocenters. The molecule has 5 heteroatoms. The Hall–Kier alpha value is -1.46. The van der Waals surface area contributed by atoms with E-state index >= 15 is 0 Å². The lowest BCUT2D eigenvalue weighted by Gasteiger charge is -2.59. The lowest BCUT2D eigenvalue weighted by molar-refractivity contribution is -0.183. The summed E-state index contributed by atoms with van der Waals surface area (Å²) in [6, 6.07) is 5.30. The van der Waals surface area contributed by atoms with Crippen LogP contribution in [0.1, 0.15) is 38.8 Å². The number of benzene rings is 1. The van der Waals surface area contributed by atoms with Gasteiger partial charge < -0.3 is 10.5 Å². The zero-order chi connectivity index (χ0) is 15.8. The number of primary amides is 1. The fourth-order valence-electron chi connectivity index (χ4n) is 2.96. The van der Waals surface area contributed by atoms with Crippen LogP contribution in [0.2, 0.25) is 0 Å². The van der Waals surface area contributed by atoms with Crippen molar-refractivity contribution in [2.45, 2.75) is 44.9 Å². The summed E-state index contributed by atoms with van der Waals surface area (Å²) in [5.41, 5.74) is 5.81. The normalized spacial score (nSPS) is 28.7. The number of methoxy groups -OCH3 is 1. The number of hydrogen-bond donors (Lipinski definition) is 2. The maximum absolute atomic E-state index is 13.0. The molecule has 1 aliphatic carbocycles. The second-order valence-electron chi connectivity index (χ2n) is 6.47. The molecule has 1 aliphatic rings. The molecule has 0 aromatic heterocycles. The molecular formula is C16H23FN2O2. The van der Waals surface area contributed by atoms with Crippen LogP contribution < -0.4 is 11.1 Å². The first-order valence-electron chi connectivity index (χ1n) is 7.07. The van der Waals surface area contributed by atoms with Gasteiger partial charge in [-0.2, -0.15) is 0 Å². The van der Waals surface area contributed by atoms with Gasteiger partial charge in [-0.05, 0) is 31.0 Å². The molecule has 1 amide bonds. The quantitative estimate of drug-likeness (QED) is 0.874. The molecule has 3 N–H and O–H groups in total. The number of rotatable bonds is 5. The fraction of sp³-hybridized carbons (Fsp3) is 0.562. The van der Waals surface area contributed by atoms with Crippen LogP contribution in [0.5, 0.6) is 0 Å². The number of nitrogens with two attached hydrogens (primary N) is 1. The largest absolute Gasteiger partial charge is 0.378 e. The average Bonchev–Trinajstić information content (AvgIpc) is 2.43. The van der Waals surface area contributed by atoms with E-state index in [1.165, 1.54) is 12.1 Å². The molecule has 0 aliphatic heterocycles. The first-order chi connectivity index (χ1) is 9.71. The van der Waals surface area contributed by atoms with Crippen molar-refractivity contribution in [2.75, 3.05) is 7.11 Å². The van der Waals surface area contributed by atoms with Gasteiger partial charge in [0.1, 0.15) is 11.9 Å². The highest BCUT2D eigenvalue weighted by atomic mass is 19.1. The van der Waals surface area contributed by atoms with Crippen LogP contribution in [0.15, 0.2) is 24.3 Å². The zero-order valence-electron chi connectivity index (χ0n) is 12.9. The van der Waals surface area contributed by atoms with Crippen molar-refractivity contribution >= 4 is 5.91 Å². The lowest BCUT2D eigenvalue weighted by Crippen LogP contribution is -2.68. The van der Waals surface area contributed by atoms with Crippen LogP contribution in [-0.2, 0) is 9.53 Å². The Balaban J connectivity index is 2.16. The predicted molar refractivity (Wildman–Crippen MR) is 79.1 cm³/mol. The molecule has 0 heterocycles. The molecule has 0 spiro atoms. The van der Waals surface area contributed by atoms with Gasteiger partial charge in [0.05, 0.1) is 5.60 Å². The maximum Gasteiger partial charge on any atom is 0.239 e. The molecule has 2 rings (SSSR count). The van der Waals surface area contributed by atoms with Gasteiger partial charge in [-0.25, -0.2) is 4.39 Å². The summed E-state index contributed by atoms with van der Waals surface area (Å²) in [6.07, 6.45) is 0.793. The first kappa shape index (κ1) is 15.9. The van der Waals surface area contributed by atoms with Crippen molar-refractivity contribution in [3.8, 4) is 0 Å². The summed E-state index contributed by atoms with van der Waals surface area (Å²) in [6.45, 7) is 6.25. The molecule has 21 heavy (non-hydrogen) atoms. The van der Waals surface area contributed by atoms with Gasteiger partial charge in [-0.3, -0.25) is 10.1 Å². The molecule has 1 aromatic rings. The van der Waals surface area contributed by atoms with E-state index < -0.39 is 11.9 Å². The number of carbonyl (C=O) groups excluding carboxylic acids is 1. The minimum Gasteiger partial charge on any atom is -0.378 e. The van der Waals surface area contributed by atoms with Crippen molar-refractivity contribution in [2.24, 2.45) is 11.1 Å². The maximum atomic E-state index is 13.0. The van der Waals surface area contributed by atoms with E-state index in [0.29, 0.717) is 5.56 Å². The van der Waals surface area contributed by atoms with Crippen LogP contribution in [0.25, 0.3) is 0 Å². The Morgan fingerprint density at radius 1 is 1.38 bits per heavy atom. The van der Waals surface area contributed by atoms with E-state index in [1.807, 2.05) is 0 Å². The second kappa shape index (κ2) is 5.39. The number of halogens is 1. The van der Waals surface area contributed by atoms with Crippen LogP contribution in [0.3, 0.4) is 0 Å². The van der Waals surface area contributed by atoms with Crippen LogP contribution in [-0.4, -0.2) is 24.7 Å². The highest BCUT2D eigenvalue weighted by molar-refractivity contribution is 5.81. The van der Waals surface area contributed by atoms with Gasteiger partial charge in [0.2, 0.25) is 5.91 Å². The SMILES string of the molecule is CO[C@]1(C)C[C@H](N[C@H](C(N)=O)c2ccc(F)cc2)C1(C)C. The molecule has 0 radical (unpaired) electrons. The highest BCUT2D eigenvalue weighted by Gasteiger charge is 2.58. The van der Waals surface area contributed by atoms with Gasteiger partial charge in [-0.1, -0.05) is 26.0 Å². The minimum absolute atomic E-state index is 0.102. The van der Waals surface area contributed by atoms with Crippen molar-refractivity contribution in [1.29, 1.82) is 0 Å². The summed E-state index contributed by atoms with van der Waals surface area (Å²) in [5.74, 6) is -0.804. The molecule has 0 saturated heterocycles. The zero-order valence-corrected chi connectivity index (χ0v) is 12.9. The van der Waals surface area contributed by atoms with Gasteiger partial charge in [0.15, 0.2) is 0 Å². The third kappa shape index (κ3) is 2.68. The molecule has 1 fully saturated rings. The smallest absolute Gasteiger partial charge is 0.239 e. The third-order valence-electron chi connectivity index (χ3n) is 5.13. The minimum atomic E-state index is -0.628. The van der Waals surface area contributed by atoms with Crippen LogP contribution in [0.4, 0.5) is 4.39 Å². The molecule has 4 nitrogen and oxygen atoms in total. The monoisotopic (exact) mass is 294 g/mol. The summed E-state index contributed by atoms with van der Waals surface area (Å²) >= 11 is 0. The molecule has 0 bridgehead atoms. The predicted octanol–water partition coefficient (Wildman–Crippen LogP) is 2.15. The number of nitrogens with one attached hydrogen (secondary N) is 1.